The zero-order valence-corrected chi connectivity index (χ0v) is 12.6. The second-order valence-electron chi connectivity index (χ2n) is 5.75. The fourth-order valence-electron chi connectivity index (χ4n) is 2.99. The summed E-state index contributed by atoms with van der Waals surface area (Å²) < 4.78 is 4.95. The van der Waals surface area contributed by atoms with Crippen LogP contribution in [0.3, 0.4) is 0 Å². The maximum absolute atomic E-state index is 11.9. The van der Waals surface area contributed by atoms with Crippen LogP contribution in [-0.2, 0) is 16.0 Å². The number of aryl methyl sites for hydroxylation is 2. The molecule has 0 unspecified atom stereocenters. The lowest BCUT2D eigenvalue weighted by Crippen LogP contribution is -2.41. The Kier molecular flexibility index (Phi) is 5.60. The molecule has 0 spiro atoms. The van der Waals surface area contributed by atoms with Gasteiger partial charge in [-0.15, -0.1) is 0 Å². The first-order valence-corrected chi connectivity index (χ1v) is 7.52. The van der Waals surface area contributed by atoms with Crippen molar-refractivity contribution in [2.24, 2.45) is 5.92 Å². The van der Waals surface area contributed by atoms with Gasteiger partial charge in [-0.05, 0) is 49.7 Å². The topological polar surface area (TPSA) is 29.5 Å². The minimum Gasteiger partial charge on any atom is -0.375 e. The van der Waals surface area contributed by atoms with Gasteiger partial charge >= 0.3 is 0 Å². The maximum Gasteiger partial charge on any atom is 0.248 e. The van der Waals surface area contributed by atoms with Gasteiger partial charge in [0.2, 0.25) is 5.91 Å². The Morgan fingerprint density at radius 2 is 2.20 bits per heavy atom. The van der Waals surface area contributed by atoms with Crippen LogP contribution in [0.4, 0.5) is 0 Å². The third-order valence-electron chi connectivity index (χ3n) is 4.22. The maximum atomic E-state index is 11.9. The van der Waals surface area contributed by atoms with E-state index in [-0.39, 0.29) is 12.5 Å². The molecule has 0 N–H and O–H groups in total. The second-order valence-corrected chi connectivity index (χ2v) is 5.75. The number of carbonyl (C=O) groups is 1. The summed E-state index contributed by atoms with van der Waals surface area (Å²) in [4.78, 5) is 13.8. The van der Waals surface area contributed by atoms with Gasteiger partial charge in [-0.2, -0.15) is 0 Å². The number of amides is 1. The highest BCUT2D eigenvalue weighted by molar-refractivity contribution is 5.77. The lowest BCUT2D eigenvalue weighted by Gasteiger charge is -2.32. The molecule has 1 aromatic carbocycles. The average molecular weight is 275 g/mol. The molecule has 1 heterocycles. The highest BCUT2D eigenvalue weighted by Crippen LogP contribution is 2.22. The summed E-state index contributed by atoms with van der Waals surface area (Å²) in [6, 6.07) is 8.58. The summed E-state index contributed by atoms with van der Waals surface area (Å²) in [5.41, 5.74) is 2.81. The minimum absolute atomic E-state index is 0.132. The molecule has 3 nitrogen and oxygen atoms in total. The summed E-state index contributed by atoms with van der Waals surface area (Å²) >= 11 is 0. The molecule has 2 rings (SSSR count). The summed E-state index contributed by atoms with van der Waals surface area (Å²) in [6.07, 6.45) is 4.64. The molecule has 20 heavy (non-hydrogen) atoms. The Labute approximate surface area is 121 Å². The predicted molar refractivity (Wildman–Crippen MR) is 80.7 cm³/mol. The summed E-state index contributed by atoms with van der Waals surface area (Å²) in [5.74, 6) is 0.761. The number of nitrogens with zero attached hydrogens (tertiary/aromatic N) is 1. The lowest BCUT2D eigenvalue weighted by atomic mass is 9.90. The molecule has 0 aromatic heterocycles. The predicted octanol–water partition coefficient (Wildman–Crippen LogP) is 2.81. The van der Waals surface area contributed by atoms with E-state index >= 15 is 0 Å². The van der Waals surface area contributed by atoms with Crippen LogP contribution in [0.25, 0.3) is 0 Å². The number of benzene rings is 1. The van der Waals surface area contributed by atoms with Gasteiger partial charge in [0.05, 0.1) is 0 Å². The molecule has 1 amide bonds. The molecular weight excluding hydrogens is 250 g/mol. The fraction of sp³-hybridized carbons (Fsp3) is 0.588. The number of piperidine rings is 1. The van der Waals surface area contributed by atoms with Gasteiger partial charge in [0.15, 0.2) is 0 Å². The van der Waals surface area contributed by atoms with Crippen molar-refractivity contribution in [2.45, 2.75) is 32.6 Å². The molecule has 0 saturated carbocycles. The van der Waals surface area contributed by atoms with Crippen LogP contribution >= 0.6 is 0 Å². The van der Waals surface area contributed by atoms with Gasteiger partial charge in [0.25, 0.3) is 0 Å². The number of carbonyl (C=O) groups excluding carboxylic acids is 1. The van der Waals surface area contributed by atoms with Crippen LogP contribution in [-0.4, -0.2) is 37.6 Å². The lowest BCUT2D eigenvalue weighted by molar-refractivity contribution is -0.137. The molecule has 1 aliphatic heterocycles. The number of ether oxygens (including phenoxy) is 1. The van der Waals surface area contributed by atoms with Crippen LogP contribution in [0.15, 0.2) is 24.3 Å². The number of likely N-dealkylation sites (tertiary alicyclic amines) is 1. The van der Waals surface area contributed by atoms with E-state index in [1.165, 1.54) is 24.0 Å². The van der Waals surface area contributed by atoms with Gasteiger partial charge in [0.1, 0.15) is 6.61 Å². The average Bonchev–Trinajstić information content (AvgIpc) is 2.47. The van der Waals surface area contributed by atoms with Crippen LogP contribution in [0, 0.1) is 12.8 Å². The van der Waals surface area contributed by atoms with Crippen molar-refractivity contribution < 1.29 is 9.53 Å². The van der Waals surface area contributed by atoms with E-state index in [4.69, 9.17) is 4.74 Å². The van der Waals surface area contributed by atoms with Gasteiger partial charge in [-0.1, -0.05) is 24.3 Å². The Hall–Kier alpha value is -1.35. The fourth-order valence-corrected chi connectivity index (χ4v) is 2.99. The summed E-state index contributed by atoms with van der Waals surface area (Å²) in [7, 11) is 1.58. The molecule has 1 aliphatic rings. The summed E-state index contributed by atoms with van der Waals surface area (Å²) in [5, 5.41) is 0. The van der Waals surface area contributed by atoms with E-state index in [0.29, 0.717) is 5.92 Å². The van der Waals surface area contributed by atoms with Gasteiger partial charge in [0, 0.05) is 20.2 Å². The van der Waals surface area contributed by atoms with E-state index in [1.807, 2.05) is 4.90 Å². The molecule has 0 bridgehead atoms. The van der Waals surface area contributed by atoms with Gasteiger partial charge in [-0.25, -0.2) is 0 Å². The van der Waals surface area contributed by atoms with E-state index in [2.05, 4.69) is 31.2 Å². The molecule has 1 saturated heterocycles. The Morgan fingerprint density at radius 3 is 2.95 bits per heavy atom. The second kappa shape index (κ2) is 7.44. The van der Waals surface area contributed by atoms with Crippen molar-refractivity contribution in [1.82, 2.24) is 4.90 Å². The SMILES string of the molecule is COCC(=O)N1CCC[C@H](CCc2ccccc2C)C1. The van der Waals surface area contributed by atoms with Crippen molar-refractivity contribution in [2.75, 3.05) is 26.8 Å². The number of hydrogen-bond acceptors (Lipinski definition) is 2. The molecular formula is C17H25NO2. The van der Waals surface area contributed by atoms with Gasteiger partial charge < -0.3 is 9.64 Å². The highest BCUT2D eigenvalue weighted by atomic mass is 16.5. The first-order chi connectivity index (χ1) is 9.70. The van der Waals surface area contributed by atoms with Crippen LogP contribution < -0.4 is 0 Å². The van der Waals surface area contributed by atoms with Crippen molar-refractivity contribution in [3.63, 3.8) is 0 Å². The van der Waals surface area contributed by atoms with Crippen molar-refractivity contribution >= 4 is 5.91 Å². The van der Waals surface area contributed by atoms with Crippen molar-refractivity contribution in [3.05, 3.63) is 35.4 Å². The molecule has 1 fully saturated rings. The van der Waals surface area contributed by atoms with Crippen molar-refractivity contribution in [1.29, 1.82) is 0 Å². The minimum atomic E-state index is 0.132. The van der Waals surface area contributed by atoms with E-state index in [1.54, 1.807) is 7.11 Å². The summed E-state index contributed by atoms with van der Waals surface area (Å²) in [6.45, 7) is 4.17. The largest absolute Gasteiger partial charge is 0.375 e. The van der Waals surface area contributed by atoms with Crippen LogP contribution in [0.5, 0.6) is 0 Å². The quantitative estimate of drug-likeness (QED) is 0.827. The number of methoxy groups -OCH3 is 1. The van der Waals surface area contributed by atoms with Crippen LogP contribution in [0.2, 0.25) is 0 Å². The number of hydrogen-bond donors (Lipinski definition) is 0. The Morgan fingerprint density at radius 1 is 1.40 bits per heavy atom. The molecule has 0 aliphatic carbocycles. The molecule has 0 radical (unpaired) electrons. The van der Waals surface area contributed by atoms with Gasteiger partial charge in [-0.3, -0.25) is 4.79 Å². The molecule has 1 atom stereocenters. The van der Waals surface area contributed by atoms with E-state index < -0.39 is 0 Å². The normalized spacial score (nSPS) is 19.1. The standard InChI is InChI=1S/C17H25NO2/c1-14-6-3-4-8-16(14)10-9-15-7-5-11-18(12-15)17(19)13-20-2/h3-4,6,8,15H,5,7,9-13H2,1-2H3/t15-/m1/s1. The molecule has 1 aromatic rings. The van der Waals surface area contributed by atoms with E-state index in [9.17, 15) is 4.79 Å². The van der Waals surface area contributed by atoms with Crippen molar-refractivity contribution in [3.8, 4) is 0 Å². The van der Waals surface area contributed by atoms with Crippen LogP contribution in [0.1, 0.15) is 30.4 Å². The third kappa shape index (κ3) is 4.07. The first-order valence-electron chi connectivity index (χ1n) is 7.52. The zero-order valence-electron chi connectivity index (χ0n) is 12.6. The highest BCUT2D eigenvalue weighted by Gasteiger charge is 2.23. The third-order valence-corrected chi connectivity index (χ3v) is 4.22. The zero-order chi connectivity index (χ0) is 14.4. The number of rotatable bonds is 5. The first kappa shape index (κ1) is 15.0. The molecule has 3 heteroatoms. The Balaban J connectivity index is 1.84. The molecule has 110 valence electrons. The van der Waals surface area contributed by atoms with E-state index in [0.717, 1.165) is 25.9 Å². The Bertz CT molecular complexity index is 444. The monoisotopic (exact) mass is 275 g/mol. The smallest absolute Gasteiger partial charge is 0.248 e.